The second-order valence-electron chi connectivity index (χ2n) is 7.24. The summed E-state index contributed by atoms with van der Waals surface area (Å²) >= 11 is 0. The number of hydrogen-bond acceptors (Lipinski definition) is 0. The minimum Gasteiger partial charge on any atom is -0.0696 e. The highest BCUT2D eigenvalue weighted by molar-refractivity contribution is 5.53. The number of rotatable bonds is 7. The molecular formula is C22H34. The van der Waals surface area contributed by atoms with Crippen molar-refractivity contribution in [1.29, 1.82) is 0 Å². The molecule has 122 valence electrons. The first-order valence-electron chi connectivity index (χ1n) is 9.50. The predicted molar refractivity (Wildman–Crippen MR) is 99.1 cm³/mol. The molecule has 2 rings (SSSR count). The molecule has 0 N–H and O–H groups in total. The van der Waals surface area contributed by atoms with E-state index >= 15 is 0 Å². The number of hydrogen-bond donors (Lipinski definition) is 0. The predicted octanol–water partition coefficient (Wildman–Crippen LogP) is 7.04. The largest absolute Gasteiger partial charge is 0.0696 e. The summed E-state index contributed by atoms with van der Waals surface area (Å²) in [6.07, 6.45) is 14.8. The van der Waals surface area contributed by atoms with E-state index in [4.69, 9.17) is 0 Å². The van der Waals surface area contributed by atoms with Gasteiger partial charge in [-0.3, -0.25) is 0 Å². The molecule has 0 saturated heterocycles. The molecule has 0 nitrogen and oxygen atoms in total. The number of benzene rings is 1. The monoisotopic (exact) mass is 298 g/mol. The van der Waals surface area contributed by atoms with Gasteiger partial charge in [0.05, 0.1) is 0 Å². The lowest BCUT2D eigenvalue weighted by molar-refractivity contribution is 0.283. The van der Waals surface area contributed by atoms with Crippen LogP contribution in [0.25, 0.3) is 6.08 Å². The molecule has 1 fully saturated rings. The third-order valence-corrected chi connectivity index (χ3v) is 5.37. The quantitative estimate of drug-likeness (QED) is 0.506. The lowest BCUT2D eigenvalue weighted by atomic mass is 9.77. The fourth-order valence-corrected chi connectivity index (χ4v) is 3.85. The summed E-state index contributed by atoms with van der Waals surface area (Å²) in [5, 5.41) is 0. The Hall–Kier alpha value is -1.04. The van der Waals surface area contributed by atoms with Crippen LogP contribution in [-0.2, 0) is 6.42 Å². The molecule has 22 heavy (non-hydrogen) atoms. The highest BCUT2D eigenvalue weighted by Crippen LogP contribution is 2.36. The third kappa shape index (κ3) is 5.30. The summed E-state index contributed by atoms with van der Waals surface area (Å²) in [4.78, 5) is 0. The zero-order chi connectivity index (χ0) is 15.8. The van der Waals surface area contributed by atoms with Gasteiger partial charge in [0.25, 0.3) is 0 Å². The number of allylic oxidation sites excluding steroid dienone is 1. The molecule has 0 aliphatic heterocycles. The molecule has 0 heterocycles. The normalized spacial score (nSPS) is 22.8. The fourth-order valence-electron chi connectivity index (χ4n) is 3.85. The van der Waals surface area contributed by atoms with E-state index in [9.17, 15) is 0 Å². The minimum atomic E-state index is 0.827. The maximum absolute atomic E-state index is 2.42. The second kappa shape index (κ2) is 9.18. The van der Waals surface area contributed by atoms with E-state index in [1.807, 2.05) is 0 Å². The Bertz CT molecular complexity index is 443. The van der Waals surface area contributed by atoms with Gasteiger partial charge in [-0.2, -0.15) is 0 Å². The van der Waals surface area contributed by atoms with Crippen LogP contribution >= 0.6 is 0 Å². The van der Waals surface area contributed by atoms with Crippen molar-refractivity contribution in [3.63, 3.8) is 0 Å². The van der Waals surface area contributed by atoms with E-state index in [1.165, 1.54) is 68.9 Å². The molecule has 0 bridgehead atoms. The van der Waals surface area contributed by atoms with E-state index in [2.05, 4.69) is 51.1 Å². The van der Waals surface area contributed by atoms with E-state index in [1.54, 1.807) is 5.57 Å². The van der Waals surface area contributed by atoms with Gasteiger partial charge in [-0.05, 0) is 62.0 Å². The molecule has 0 spiro atoms. The summed E-state index contributed by atoms with van der Waals surface area (Å²) in [6, 6.07) is 9.18. The van der Waals surface area contributed by atoms with Crippen LogP contribution in [0.1, 0.15) is 83.3 Å². The topological polar surface area (TPSA) is 0 Å². The van der Waals surface area contributed by atoms with Gasteiger partial charge in [-0.15, -0.1) is 0 Å². The summed E-state index contributed by atoms with van der Waals surface area (Å²) in [5.74, 6) is 1.84. The van der Waals surface area contributed by atoms with Gasteiger partial charge in [0, 0.05) is 0 Å². The number of aryl methyl sites for hydroxylation is 1. The van der Waals surface area contributed by atoms with E-state index in [0.717, 1.165) is 11.8 Å². The van der Waals surface area contributed by atoms with E-state index in [0.29, 0.717) is 0 Å². The molecule has 1 saturated carbocycles. The lowest BCUT2D eigenvalue weighted by Gasteiger charge is -2.29. The van der Waals surface area contributed by atoms with Crippen LogP contribution in [0.2, 0.25) is 0 Å². The van der Waals surface area contributed by atoms with Crippen molar-refractivity contribution in [1.82, 2.24) is 0 Å². The smallest absolute Gasteiger partial charge is 0.0202 e. The SMILES string of the molecule is CCCCC1CCC(C(C)=Cc2ccc(CCC)cc2)CC1. The van der Waals surface area contributed by atoms with Gasteiger partial charge in [0.2, 0.25) is 0 Å². The Kier molecular flexibility index (Phi) is 7.22. The maximum atomic E-state index is 2.42. The summed E-state index contributed by atoms with van der Waals surface area (Å²) in [5.41, 5.74) is 4.44. The van der Waals surface area contributed by atoms with Gasteiger partial charge < -0.3 is 0 Å². The molecular weight excluding hydrogens is 264 g/mol. The standard InChI is InChI=1S/C22H34/c1-4-6-8-20-13-15-22(16-14-20)18(3)17-21-11-9-19(7-5-2)10-12-21/h9-12,17,20,22H,4-8,13-16H2,1-3H3. The van der Waals surface area contributed by atoms with Crippen LogP contribution in [-0.4, -0.2) is 0 Å². The lowest BCUT2D eigenvalue weighted by Crippen LogP contribution is -2.15. The van der Waals surface area contributed by atoms with Crippen LogP contribution in [0, 0.1) is 11.8 Å². The van der Waals surface area contributed by atoms with Crippen molar-refractivity contribution in [2.24, 2.45) is 11.8 Å². The average Bonchev–Trinajstić information content (AvgIpc) is 2.55. The Morgan fingerprint density at radius 3 is 2.27 bits per heavy atom. The average molecular weight is 299 g/mol. The molecule has 1 aromatic rings. The van der Waals surface area contributed by atoms with Gasteiger partial charge in [0.15, 0.2) is 0 Å². The third-order valence-electron chi connectivity index (χ3n) is 5.37. The number of unbranched alkanes of at least 4 members (excludes halogenated alkanes) is 1. The molecule has 0 heteroatoms. The van der Waals surface area contributed by atoms with Crippen LogP contribution in [0.3, 0.4) is 0 Å². The Balaban J connectivity index is 1.87. The van der Waals surface area contributed by atoms with Gasteiger partial charge in [0.1, 0.15) is 0 Å². The fraction of sp³-hybridized carbons (Fsp3) is 0.636. The zero-order valence-electron chi connectivity index (χ0n) is 14.9. The van der Waals surface area contributed by atoms with Crippen molar-refractivity contribution in [2.75, 3.05) is 0 Å². The second-order valence-corrected chi connectivity index (χ2v) is 7.24. The zero-order valence-corrected chi connectivity index (χ0v) is 14.9. The highest BCUT2D eigenvalue weighted by atomic mass is 14.3. The molecule has 0 aromatic heterocycles. The van der Waals surface area contributed by atoms with Crippen LogP contribution in [0.4, 0.5) is 0 Å². The van der Waals surface area contributed by atoms with Crippen LogP contribution < -0.4 is 0 Å². The first kappa shape index (κ1) is 17.3. The van der Waals surface area contributed by atoms with Crippen molar-refractivity contribution in [3.05, 3.63) is 41.0 Å². The molecule has 0 amide bonds. The van der Waals surface area contributed by atoms with Crippen LogP contribution in [0.5, 0.6) is 0 Å². The summed E-state index contributed by atoms with van der Waals surface area (Å²) in [6.45, 7) is 6.90. The molecule has 0 unspecified atom stereocenters. The Morgan fingerprint density at radius 2 is 1.68 bits per heavy atom. The molecule has 0 radical (unpaired) electrons. The van der Waals surface area contributed by atoms with Crippen LogP contribution in [0.15, 0.2) is 29.8 Å². The molecule has 1 aliphatic carbocycles. The molecule has 0 atom stereocenters. The van der Waals surface area contributed by atoms with Gasteiger partial charge >= 0.3 is 0 Å². The minimum absolute atomic E-state index is 0.827. The maximum Gasteiger partial charge on any atom is -0.0202 e. The van der Waals surface area contributed by atoms with Crippen molar-refractivity contribution < 1.29 is 0 Å². The molecule has 1 aromatic carbocycles. The van der Waals surface area contributed by atoms with Crippen molar-refractivity contribution in [3.8, 4) is 0 Å². The van der Waals surface area contributed by atoms with Gasteiger partial charge in [-0.1, -0.05) is 75.4 Å². The summed E-state index contributed by atoms with van der Waals surface area (Å²) in [7, 11) is 0. The Morgan fingerprint density at radius 1 is 1.00 bits per heavy atom. The Labute approximate surface area is 138 Å². The van der Waals surface area contributed by atoms with Gasteiger partial charge in [-0.25, -0.2) is 0 Å². The molecule has 1 aliphatic rings. The van der Waals surface area contributed by atoms with E-state index in [-0.39, 0.29) is 0 Å². The highest BCUT2D eigenvalue weighted by Gasteiger charge is 2.21. The van der Waals surface area contributed by atoms with E-state index < -0.39 is 0 Å². The first-order valence-corrected chi connectivity index (χ1v) is 9.50. The summed E-state index contributed by atoms with van der Waals surface area (Å²) < 4.78 is 0. The first-order chi connectivity index (χ1) is 10.7. The van der Waals surface area contributed by atoms with Crippen molar-refractivity contribution >= 4 is 6.08 Å². The van der Waals surface area contributed by atoms with Crippen molar-refractivity contribution in [2.45, 2.75) is 78.6 Å².